The lowest BCUT2D eigenvalue weighted by Gasteiger charge is -2.19. The lowest BCUT2D eigenvalue weighted by atomic mass is 10.1. The van der Waals surface area contributed by atoms with Crippen molar-refractivity contribution in [3.05, 3.63) is 48.0 Å². The second-order valence-corrected chi connectivity index (χ2v) is 10.8. The Morgan fingerprint density at radius 3 is 2.02 bits per heavy atom. The number of carbonyl (C=O) groups excluding carboxylic acids is 8. The topological polar surface area (TPSA) is 209 Å². The van der Waals surface area contributed by atoms with Crippen LogP contribution in [-0.4, -0.2) is 97.6 Å². The molecule has 0 aromatic heterocycles. The molecule has 46 heavy (non-hydrogen) atoms. The average Bonchev–Trinajstić information content (AvgIpc) is 3.35. The van der Waals surface area contributed by atoms with E-state index in [4.69, 9.17) is 4.74 Å². The van der Waals surface area contributed by atoms with E-state index in [1.54, 1.807) is 44.2 Å². The van der Waals surface area contributed by atoms with Crippen molar-refractivity contribution in [1.82, 2.24) is 31.5 Å². The Balaban J connectivity index is 1.70. The van der Waals surface area contributed by atoms with Crippen molar-refractivity contribution in [2.45, 2.75) is 52.0 Å². The van der Waals surface area contributed by atoms with Gasteiger partial charge in [-0.15, -0.1) is 0 Å². The van der Waals surface area contributed by atoms with Gasteiger partial charge in [-0.2, -0.15) is 0 Å². The highest BCUT2D eigenvalue weighted by Crippen LogP contribution is 2.08. The van der Waals surface area contributed by atoms with Gasteiger partial charge in [-0.05, 0) is 18.4 Å². The number of Topliss-reactive ketones (excluding diaryl/α,β-unsaturated/α-hetero) is 1. The van der Waals surface area contributed by atoms with E-state index >= 15 is 0 Å². The Kier molecular flexibility index (Phi) is 16.3. The van der Waals surface area contributed by atoms with Crippen molar-refractivity contribution < 1.29 is 43.1 Å². The van der Waals surface area contributed by atoms with Crippen LogP contribution in [0.3, 0.4) is 0 Å². The summed E-state index contributed by atoms with van der Waals surface area (Å²) in [6, 6.07) is 7.83. The van der Waals surface area contributed by atoms with E-state index in [1.807, 2.05) is 0 Å². The van der Waals surface area contributed by atoms with Crippen LogP contribution < -0.4 is 26.6 Å². The Labute approximate surface area is 267 Å². The van der Waals surface area contributed by atoms with Crippen LogP contribution in [-0.2, 0) is 49.5 Å². The van der Waals surface area contributed by atoms with Crippen LogP contribution in [0.4, 0.5) is 0 Å². The molecule has 1 aliphatic heterocycles. The Morgan fingerprint density at radius 1 is 0.739 bits per heavy atom. The standard InChI is InChI=1S/C31H42N6O9/c1-21(2)24(38)19-46-20-35-27(41)17-34-31(45)23(15-22-9-5-3-6-10-22)36-28(42)18-33-26(40)16-32-25(39)11-7-4-8-14-37-29(43)12-13-30(37)44/h3,5-6,9-10,12-13,21,23H,4,7-8,11,14-20H2,1-2H3,(H,32,39)(H,33,40)(H,34,45)(H,35,41)(H,36,42)/t23-/m0/s1. The number of nitrogens with one attached hydrogen (secondary N) is 5. The zero-order valence-corrected chi connectivity index (χ0v) is 26.1. The number of ether oxygens (including phenoxy) is 1. The van der Waals surface area contributed by atoms with Crippen molar-refractivity contribution in [3.63, 3.8) is 0 Å². The summed E-state index contributed by atoms with van der Waals surface area (Å²) in [5, 5.41) is 12.3. The number of imide groups is 1. The largest absolute Gasteiger partial charge is 0.353 e. The first-order valence-corrected chi connectivity index (χ1v) is 15.0. The molecule has 0 spiro atoms. The van der Waals surface area contributed by atoms with Crippen LogP contribution in [0.15, 0.2) is 42.5 Å². The van der Waals surface area contributed by atoms with Gasteiger partial charge < -0.3 is 31.3 Å². The predicted molar refractivity (Wildman–Crippen MR) is 164 cm³/mol. The molecule has 0 saturated carbocycles. The number of nitrogens with zero attached hydrogens (tertiary/aromatic N) is 1. The number of benzene rings is 1. The van der Waals surface area contributed by atoms with Crippen LogP contribution in [0, 0.1) is 5.92 Å². The van der Waals surface area contributed by atoms with E-state index in [0.717, 1.165) is 10.5 Å². The molecular weight excluding hydrogens is 600 g/mol. The molecule has 2 rings (SSSR count). The normalized spacial score (nSPS) is 12.9. The van der Waals surface area contributed by atoms with Crippen LogP contribution in [0.25, 0.3) is 0 Å². The van der Waals surface area contributed by atoms with Crippen LogP contribution in [0.2, 0.25) is 0 Å². The van der Waals surface area contributed by atoms with E-state index in [1.165, 1.54) is 12.2 Å². The number of ketones is 1. The molecule has 15 heteroatoms. The summed E-state index contributed by atoms with van der Waals surface area (Å²) in [5.41, 5.74) is 0.748. The number of unbranched alkanes of at least 4 members (excludes halogenated alkanes) is 2. The molecule has 1 atom stereocenters. The van der Waals surface area contributed by atoms with Crippen molar-refractivity contribution in [2.75, 3.05) is 39.5 Å². The molecule has 250 valence electrons. The lowest BCUT2D eigenvalue weighted by molar-refractivity contribution is -0.137. The zero-order valence-electron chi connectivity index (χ0n) is 26.1. The zero-order chi connectivity index (χ0) is 33.9. The number of hydrogen-bond donors (Lipinski definition) is 5. The number of rotatable bonds is 21. The Hall–Kier alpha value is -4.92. The van der Waals surface area contributed by atoms with Crippen molar-refractivity contribution in [3.8, 4) is 0 Å². The third kappa shape index (κ3) is 14.7. The number of amides is 7. The van der Waals surface area contributed by atoms with E-state index in [0.29, 0.717) is 19.3 Å². The molecule has 1 heterocycles. The van der Waals surface area contributed by atoms with Crippen molar-refractivity contribution >= 4 is 47.1 Å². The molecule has 15 nitrogen and oxygen atoms in total. The first kappa shape index (κ1) is 37.3. The van der Waals surface area contributed by atoms with E-state index in [-0.39, 0.29) is 68.7 Å². The number of carbonyl (C=O) groups is 8. The first-order chi connectivity index (χ1) is 22.0. The minimum absolute atomic E-state index is 0.113. The molecular formula is C31H42N6O9. The summed E-state index contributed by atoms with van der Waals surface area (Å²) in [4.78, 5) is 97.5. The third-order valence-electron chi connectivity index (χ3n) is 6.70. The van der Waals surface area contributed by atoms with Gasteiger partial charge in [0.2, 0.25) is 29.5 Å². The molecule has 1 aromatic rings. The summed E-state index contributed by atoms with van der Waals surface area (Å²) in [7, 11) is 0. The first-order valence-electron chi connectivity index (χ1n) is 15.0. The van der Waals surface area contributed by atoms with E-state index < -0.39 is 42.8 Å². The highest BCUT2D eigenvalue weighted by Gasteiger charge is 2.23. The van der Waals surface area contributed by atoms with Crippen LogP contribution in [0.5, 0.6) is 0 Å². The summed E-state index contributed by atoms with van der Waals surface area (Å²) >= 11 is 0. The van der Waals surface area contributed by atoms with Crippen LogP contribution >= 0.6 is 0 Å². The average molecular weight is 643 g/mol. The molecule has 5 N–H and O–H groups in total. The van der Waals surface area contributed by atoms with E-state index in [2.05, 4.69) is 26.6 Å². The van der Waals surface area contributed by atoms with Gasteiger partial charge in [-0.3, -0.25) is 43.3 Å². The maximum absolute atomic E-state index is 12.9. The van der Waals surface area contributed by atoms with Crippen LogP contribution in [0.1, 0.15) is 45.1 Å². The molecule has 0 fully saturated rings. The summed E-state index contributed by atoms with van der Waals surface area (Å²) < 4.78 is 5.11. The SMILES string of the molecule is CC(C)C(=O)COCNC(=O)CNC(=O)[C@H](Cc1ccccc1)NC(=O)CNC(=O)CNC(=O)CCCCCN1C(=O)C=CC1=O. The van der Waals surface area contributed by atoms with E-state index in [9.17, 15) is 38.4 Å². The molecule has 0 radical (unpaired) electrons. The highest BCUT2D eigenvalue weighted by molar-refractivity contribution is 6.12. The summed E-state index contributed by atoms with van der Waals surface area (Å²) in [6.45, 7) is 2.18. The molecule has 7 amide bonds. The van der Waals surface area contributed by atoms with Gasteiger partial charge in [0.1, 0.15) is 19.4 Å². The fourth-order valence-electron chi connectivity index (χ4n) is 4.00. The summed E-state index contributed by atoms with van der Waals surface area (Å²) in [6.07, 6.45) is 4.35. The Morgan fingerprint density at radius 2 is 1.35 bits per heavy atom. The second-order valence-electron chi connectivity index (χ2n) is 10.8. The monoisotopic (exact) mass is 642 g/mol. The Bertz CT molecular complexity index is 1260. The maximum Gasteiger partial charge on any atom is 0.253 e. The minimum Gasteiger partial charge on any atom is -0.353 e. The van der Waals surface area contributed by atoms with Gasteiger partial charge >= 0.3 is 0 Å². The van der Waals surface area contributed by atoms with Gasteiger partial charge in [0.05, 0.1) is 19.6 Å². The van der Waals surface area contributed by atoms with Crippen molar-refractivity contribution in [1.29, 1.82) is 0 Å². The fourth-order valence-corrected chi connectivity index (χ4v) is 4.00. The lowest BCUT2D eigenvalue weighted by Crippen LogP contribution is -2.52. The van der Waals surface area contributed by atoms with Crippen molar-refractivity contribution in [2.24, 2.45) is 5.92 Å². The molecule has 0 bridgehead atoms. The fraction of sp³-hybridized carbons (Fsp3) is 0.484. The van der Waals surface area contributed by atoms with Gasteiger partial charge in [-0.25, -0.2) is 0 Å². The summed E-state index contributed by atoms with van der Waals surface area (Å²) in [5.74, 6) is -3.83. The molecule has 0 aliphatic carbocycles. The predicted octanol–water partition coefficient (Wildman–Crippen LogP) is -1.14. The van der Waals surface area contributed by atoms with Gasteiger partial charge in [0, 0.05) is 37.5 Å². The van der Waals surface area contributed by atoms with Gasteiger partial charge in [0.15, 0.2) is 5.78 Å². The highest BCUT2D eigenvalue weighted by atomic mass is 16.5. The number of hydrogen-bond acceptors (Lipinski definition) is 9. The quantitative estimate of drug-likeness (QED) is 0.0623. The molecule has 0 saturated heterocycles. The second kappa shape index (κ2) is 20.2. The minimum atomic E-state index is -1.06. The smallest absolute Gasteiger partial charge is 0.253 e. The van der Waals surface area contributed by atoms with Gasteiger partial charge in [-0.1, -0.05) is 50.6 Å². The molecule has 1 aliphatic rings. The maximum atomic E-state index is 12.9. The molecule has 1 aromatic carbocycles. The molecule has 0 unspecified atom stereocenters. The van der Waals surface area contributed by atoms with Gasteiger partial charge in [0.25, 0.3) is 11.8 Å². The third-order valence-corrected chi connectivity index (χ3v) is 6.70.